The second kappa shape index (κ2) is 8.39. The van der Waals surface area contributed by atoms with Gasteiger partial charge in [-0.2, -0.15) is 18.3 Å². The van der Waals surface area contributed by atoms with Crippen LogP contribution >= 0.6 is 0 Å². The van der Waals surface area contributed by atoms with Crippen LogP contribution in [0, 0.1) is 12.8 Å². The van der Waals surface area contributed by atoms with Gasteiger partial charge in [-0.3, -0.25) is 4.79 Å². The van der Waals surface area contributed by atoms with Gasteiger partial charge in [-0.25, -0.2) is 9.67 Å². The lowest BCUT2D eigenvalue weighted by Gasteiger charge is -2.41. The van der Waals surface area contributed by atoms with Crippen LogP contribution in [-0.4, -0.2) is 57.5 Å². The van der Waals surface area contributed by atoms with Crippen LogP contribution in [0.3, 0.4) is 0 Å². The molecule has 2 unspecified atom stereocenters. The molecule has 2 aromatic rings. The maximum atomic E-state index is 13.7. The molecule has 4 heterocycles. The number of likely N-dealkylation sites (tertiary alicyclic amines) is 1. The summed E-state index contributed by atoms with van der Waals surface area (Å²) in [7, 11) is 0. The van der Waals surface area contributed by atoms with Crippen LogP contribution in [0.25, 0.3) is 0 Å². The van der Waals surface area contributed by atoms with Crippen molar-refractivity contribution in [2.45, 2.75) is 51.4 Å². The normalized spacial score (nSPS) is 23.8. The Bertz CT molecular complexity index is 945. The number of alkyl halides is 3. The molecule has 0 bridgehead atoms. The molecule has 0 spiro atoms. The number of carbonyl (C=O) groups excluding carboxylic acids is 1. The lowest BCUT2D eigenvalue weighted by Crippen LogP contribution is -2.49. The van der Waals surface area contributed by atoms with Crippen molar-refractivity contribution in [1.29, 1.82) is 0 Å². The number of hydrogen-bond donors (Lipinski definition) is 1. The molecular formula is C21H26F3N5O2. The smallest absolute Gasteiger partial charge is 0.410 e. The first-order valence-electron chi connectivity index (χ1n) is 10.5. The van der Waals surface area contributed by atoms with Crippen molar-refractivity contribution in [1.82, 2.24) is 19.7 Å². The van der Waals surface area contributed by atoms with Gasteiger partial charge in [0, 0.05) is 31.4 Å². The molecule has 1 amide bonds. The summed E-state index contributed by atoms with van der Waals surface area (Å²) in [6.07, 6.45) is -1.45. The molecule has 0 aromatic carbocycles. The monoisotopic (exact) mass is 437 g/mol. The van der Waals surface area contributed by atoms with E-state index in [2.05, 4.69) is 15.4 Å². The second-order valence-corrected chi connectivity index (χ2v) is 8.10. The second-order valence-electron chi connectivity index (χ2n) is 8.10. The fraction of sp³-hybridized carbons (Fsp3) is 0.571. The summed E-state index contributed by atoms with van der Waals surface area (Å²) in [5.74, 6) is 0.360. The largest absolute Gasteiger partial charge is 0.477 e. The van der Waals surface area contributed by atoms with Gasteiger partial charge < -0.3 is 15.0 Å². The Morgan fingerprint density at radius 3 is 2.94 bits per heavy atom. The number of aryl methyl sites for hydroxylation is 1. The molecule has 168 valence electrons. The van der Waals surface area contributed by atoms with Crippen molar-refractivity contribution < 1.29 is 22.7 Å². The maximum absolute atomic E-state index is 13.7. The fourth-order valence-corrected chi connectivity index (χ4v) is 4.53. The number of amides is 1. The number of fused-ring (bicyclic) bond motifs is 1. The highest BCUT2D eigenvalue weighted by Crippen LogP contribution is 2.42. The first-order chi connectivity index (χ1) is 14.8. The molecule has 31 heavy (non-hydrogen) atoms. The van der Waals surface area contributed by atoms with Gasteiger partial charge in [0.05, 0.1) is 12.3 Å². The number of pyridine rings is 1. The van der Waals surface area contributed by atoms with E-state index in [9.17, 15) is 18.0 Å². The Morgan fingerprint density at radius 1 is 1.39 bits per heavy atom. The minimum absolute atomic E-state index is 0.0984. The summed E-state index contributed by atoms with van der Waals surface area (Å²) in [4.78, 5) is 19.0. The maximum Gasteiger partial charge on any atom is 0.410 e. The number of carbonyl (C=O) groups is 1. The van der Waals surface area contributed by atoms with Gasteiger partial charge in [0.15, 0.2) is 6.04 Å². The van der Waals surface area contributed by atoms with E-state index in [1.807, 2.05) is 6.92 Å². The molecule has 10 heteroatoms. The van der Waals surface area contributed by atoms with Crippen molar-refractivity contribution in [3.05, 3.63) is 35.7 Å². The lowest BCUT2D eigenvalue weighted by atomic mass is 9.85. The van der Waals surface area contributed by atoms with Crippen LogP contribution in [0.2, 0.25) is 0 Å². The topological polar surface area (TPSA) is 72.3 Å². The number of ether oxygens (including phenoxy) is 1. The van der Waals surface area contributed by atoms with E-state index in [-0.39, 0.29) is 24.1 Å². The third kappa shape index (κ3) is 4.33. The van der Waals surface area contributed by atoms with Gasteiger partial charge >= 0.3 is 6.18 Å². The minimum atomic E-state index is -4.39. The van der Waals surface area contributed by atoms with Crippen molar-refractivity contribution >= 4 is 11.7 Å². The Kier molecular flexibility index (Phi) is 5.81. The van der Waals surface area contributed by atoms with Crippen LogP contribution in [0.5, 0.6) is 5.88 Å². The third-order valence-electron chi connectivity index (χ3n) is 5.94. The lowest BCUT2D eigenvalue weighted by molar-refractivity contribution is -0.174. The minimum Gasteiger partial charge on any atom is -0.477 e. The van der Waals surface area contributed by atoms with E-state index in [1.54, 1.807) is 36.2 Å². The summed E-state index contributed by atoms with van der Waals surface area (Å²) in [5, 5.41) is 7.28. The van der Waals surface area contributed by atoms with Gasteiger partial charge in [0.25, 0.3) is 5.91 Å². The summed E-state index contributed by atoms with van der Waals surface area (Å²) in [6, 6.07) is 2.92. The van der Waals surface area contributed by atoms with Gasteiger partial charge in [-0.1, -0.05) is 0 Å². The predicted octanol–water partition coefficient (Wildman–Crippen LogP) is 3.83. The highest BCUT2D eigenvalue weighted by molar-refractivity contribution is 5.96. The molecule has 0 aliphatic carbocycles. The summed E-state index contributed by atoms with van der Waals surface area (Å²) in [6.45, 7) is 4.83. The number of piperidine rings is 1. The van der Waals surface area contributed by atoms with Crippen LogP contribution in [0.15, 0.2) is 24.4 Å². The summed E-state index contributed by atoms with van der Waals surface area (Å²) in [5.41, 5.74) is 0.918. The third-order valence-corrected chi connectivity index (χ3v) is 5.94. The fourth-order valence-electron chi connectivity index (χ4n) is 4.53. The number of hydrogen-bond acceptors (Lipinski definition) is 5. The van der Waals surface area contributed by atoms with Gasteiger partial charge in [0.2, 0.25) is 5.88 Å². The predicted molar refractivity (Wildman–Crippen MR) is 108 cm³/mol. The number of nitrogens with one attached hydrogen (secondary N) is 1. The molecular weight excluding hydrogens is 411 g/mol. The molecule has 4 rings (SSSR count). The van der Waals surface area contributed by atoms with E-state index < -0.39 is 18.3 Å². The number of aromatic nitrogens is 3. The van der Waals surface area contributed by atoms with Crippen molar-refractivity contribution in [3.63, 3.8) is 0 Å². The van der Waals surface area contributed by atoms with Crippen LogP contribution in [0.1, 0.15) is 48.3 Å². The molecule has 1 fully saturated rings. The summed E-state index contributed by atoms with van der Waals surface area (Å²) >= 11 is 0. The SMILES string of the molecule is CCOc1ncccc1C(=O)N1CCC[C@H](C2CC(C(F)(F)F)n3nc(C)cc3N2)C1. The van der Waals surface area contributed by atoms with E-state index in [1.165, 1.54) is 0 Å². The number of nitrogens with zero attached hydrogens (tertiary/aromatic N) is 4. The molecule has 0 radical (unpaired) electrons. The first kappa shape index (κ1) is 21.5. The average molecular weight is 437 g/mol. The molecule has 1 N–H and O–H groups in total. The van der Waals surface area contributed by atoms with Crippen LogP contribution in [-0.2, 0) is 0 Å². The quantitative estimate of drug-likeness (QED) is 0.787. The van der Waals surface area contributed by atoms with Crippen molar-refractivity contribution in [2.75, 3.05) is 25.0 Å². The molecule has 2 aliphatic heterocycles. The highest BCUT2D eigenvalue weighted by Gasteiger charge is 2.48. The van der Waals surface area contributed by atoms with E-state index in [0.29, 0.717) is 36.8 Å². The number of rotatable bonds is 4. The zero-order valence-electron chi connectivity index (χ0n) is 17.5. The highest BCUT2D eigenvalue weighted by atomic mass is 19.4. The first-order valence-corrected chi connectivity index (χ1v) is 10.5. The standard InChI is InChI=1S/C21H26F3N5O2/c1-3-31-19-15(7-4-8-25-19)20(30)28-9-5-6-14(12-28)16-11-17(21(22,23)24)29-18(26-16)10-13(2)27-29/h4,7-8,10,14,16-17,26H,3,5-6,9,11-12H2,1-2H3/t14-,16?,17?/m0/s1. The average Bonchev–Trinajstić information content (AvgIpc) is 3.12. The van der Waals surface area contributed by atoms with E-state index >= 15 is 0 Å². The van der Waals surface area contributed by atoms with Gasteiger partial charge in [-0.05, 0) is 51.2 Å². The number of halogens is 3. The number of anilines is 1. The zero-order valence-corrected chi connectivity index (χ0v) is 17.5. The van der Waals surface area contributed by atoms with Crippen LogP contribution in [0.4, 0.5) is 19.0 Å². The van der Waals surface area contributed by atoms with Crippen molar-refractivity contribution in [3.8, 4) is 5.88 Å². The zero-order chi connectivity index (χ0) is 22.2. The Hall–Kier alpha value is -2.78. The molecule has 0 saturated carbocycles. The van der Waals surface area contributed by atoms with E-state index in [0.717, 1.165) is 17.5 Å². The molecule has 1 saturated heterocycles. The molecule has 2 aromatic heterocycles. The Morgan fingerprint density at radius 2 is 2.19 bits per heavy atom. The van der Waals surface area contributed by atoms with Crippen molar-refractivity contribution in [2.24, 2.45) is 5.92 Å². The molecule has 3 atom stereocenters. The molecule has 2 aliphatic rings. The van der Waals surface area contributed by atoms with Gasteiger partial charge in [-0.15, -0.1) is 0 Å². The van der Waals surface area contributed by atoms with Crippen LogP contribution < -0.4 is 10.1 Å². The van der Waals surface area contributed by atoms with Gasteiger partial charge in [0.1, 0.15) is 11.4 Å². The summed E-state index contributed by atoms with van der Waals surface area (Å²) < 4.78 is 47.7. The van der Waals surface area contributed by atoms with E-state index in [4.69, 9.17) is 4.74 Å². The Labute approximate surface area is 178 Å². The molecule has 7 nitrogen and oxygen atoms in total. The Balaban J connectivity index is 1.53.